The summed E-state index contributed by atoms with van der Waals surface area (Å²) in [4.78, 5) is 3.88. The molecule has 14 heavy (non-hydrogen) atoms. The normalized spacial score (nSPS) is 15.9. The van der Waals surface area contributed by atoms with Crippen LogP contribution in [0.5, 0.6) is 0 Å². The highest BCUT2D eigenvalue weighted by Gasteiger charge is 2.18. The molecule has 72 valence electrons. The molecule has 1 aromatic rings. The molecule has 2 heterocycles. The molecule has 0 N–H and O–H groups in total. The summed E-state index contributed by atoms with van der Waals surface area (Å²) >= 11 is 0. The molecule has 0 amide bonds. The predicted octanol–water partition coefficient (Wildman–Crippen LogP) is 0.869. The van der Waals surface area contributed by atoms with Crippen LogP contribution in [0.4, 0.5) is 0 Å². The van der Waals surface area contributed by atoms with Crippen molar-refractivity contribution in [3.8, 4) is 6.07 Å². The standard InChI is InChI=1S/C10H10N2O2/c11-4-9-3-8(1-2-12-9)5-14-10-6-13-7-10/h1-3,10H,5-7H2. The highest BCUT2D eigenvalue weighted by atomic mass is 16.6. The first-order chi connectivity index (χ1) is 6.88. The maximum absolute atomic E-state index is 8.62. The molecule has 0 radical (unpaired) electrons. The molecule has 4 nitrogen and oxygen atoms in total. The first-order valence-electron chi connectivity index (χ1n) is 4.43. The van der Waals surface area contributed by atoms with Crippen LogP contribution < -0.4 is 0 Å². The summed E-state index contributed by atoms with van der Waals surface area (Å²) in [5.74, 6) is 0. The Hall–Kier alpha value is -1.44. The summed E-state index contributed by atoms with van der Waals surface area (Å²) in [6, 6.07) is 5.57. The molecule has 0 saturated carbocycles. The lowest BCUT2D eigenvalue weighted by molar-refractivity contribution is -0.135. The highest BCUT2D eigenvalue weighted by Crippen LogP contribution is 2.09. The molecular weight excluding hydrogens is 180 g/mol. The third-order valence-corrected chi connectivity index (χ3v) is 2.03. The van der Waals surface area contributed by atoms with Crippen molar-refractivity contribution in [1.29, 1.82) is 5.26 Å². The number of nitriles is 1. The second-order valence-corrected chi connectivity index (χ2v) is 3.13. The third kappa shape index (κ3) is 2.08. The largest absolute Gasteiger partial charge is 0.376 e. The molecule has 1 fully saturated rings. The van der Waals surface area contributed by atoms with Crippen LogP contribution in [0.3, 0.4) is 0 Å². The number of ether oxygens (including phenoxy) is 2. The monoisotopic (exact) mass is 190 g/mol. The maximum atomic E-state index is 8.62. The molecule has 4 heteroatoms. The van der Waals surface area contributed by atoms with Crippen LogP contribution in [0.25, 0.3) is 0 Å². The van der Waals surface area contributed by atoms with Crippen LogP contribution in [0.15, 0.2) is 18.3 Å². The average molecular weight is 190 g/mol. The van der Waals surface area contributed by atoms with Gasteiger partial charge in [0.15, 0.2) is 0 Å². The van der Waals surface area contributed by atoms with Gasteiger partial charge in [-0.25, -0.2) is 4.98 Å². The van der Waals surface area contributed by atoms with Gasteiger partial charge in [0.2, 0.25) is 0 Å². The quantitative estimate of drug-likeness (QED) is 0.709. The number of hydrogen-bond donors (Lipinski definition) is 0. The SMILES string of the molecule is N#Cc1cc(COC2COC2)ccn1. The number of hydrogen-bond acceptors (Lipinski definition) is 4. The van der Waals surface area contributed by atoms with E-state index in [1.807, 2.05) is 12.1 Å². The number of aromatic nitrogens is 1. The van der Waals surface area contributed by atoms with Crippen LogP contribution in [-0.4, -0.2) is 24.3 Å². The van der Waals surface area contributed by atoms with Crippen LogP contribution >= 0.6 is 0 Å². The summed E-state index contributed by atoms with van der Waals surface area (Å²) in [5.41, 5.74) is 1.40. The summed E-state index contributed by atoms with van der Waals surface area (Å²) in [7, 11) is 0. The maximum Gasteiger partial charge on any atom is 0.140 e. The molecular formula is C10H10N2O2. The van der Waals surface area contributed by atoms with Gasteiger partial charge in [0.1, 0.15) is 17.9 Å². The summed E-state index contributed by atoms with van der Waals surface area (Å²) in [6.45, 7) is 1.87. The van der Waals surface area contributed by atoms with Crippen LogP contribution in [-0.2, 0) is 16.1 Å². The lowest BCUT2D eigenvalue weighted by Crippen LogP contribution is -2.35. The zero-order valence-electron chi connectivity index (χ0n) is 7.64. The van der Waals surface area contributed by atoms with Gasteiger partial charge in [-0.2, -0.15) is 5.26 Å². The van der Waals surface area contributed by atoms with Crippen molar-refractivity contribution in [2.75, 3.05) is 13.2 Å². The number of pyridine rings is 1. The molecule has 0 atom stereocenters. The zero-order chi connectivity index (χ0) is 9.80. The number of nitrogens with zero attached hydrogens (tertiary/aromatic N) is 2. The highest BCUT2D eigenvalue weighted by molar-refractivity contribution is 5.24. The number of rotatable bonds is 3. The van der Waals surface area contributed by atoms with E-state index in [-0.39, 0.29) is 6.10 Å². The summed E-state index contributed by atoms with van der Waals surface area (Å²) in [5, 5.41) is 8.62. The molecule has 0 bridgehead atoms. The Kier molecular flexibility index (Phi) is 2.73. The van der Waals surface area contributed by atoms with Crippen molar-refractivity contribution in [3.05, 3.63) is 29.6 Å². The Labute approximate surface area is 82.1 Å². The van der Waals surface area contributed by atoms with Crippen molar-refractivity contribution < 1.29 is 9.47 Å². The molecule has 0 aromatic carbocycles. The van der Waals surface area contributed by atoms with Crippen molar-refractivity contribution in [1.82, 2.24) is 4.98 Å². The van der Waals surface area contributed by atoms with Gasteiger partial charge in [-0.15, -0.1) is 0 Å². The van der Waals surface area contributed by atoms with Gasteiger partial charge in [-0.1, -0.05) is 0 Å². The Morgan fingerprint density at radius 1 is 1.64 bits per heavy atom. The van der Waals surface area contributed by atoms with Crippen molar-refractivity contribution >= 4 is 0 Å². The fraction of sp³-hybridized carbons (Fsp3) is 0.400. The zero-order valence-corrected chi connectivity index (χ0v) is 7.64. The molecule has 0 aliphatic carbocycles. The Balaban J connectivity index is 1.91. The van der Waals surface area contributed by atoms with Crippen molar-refractivity contribution in [2.45, 2.75) is 12.7 Å². The van der Waals surface area contributed by atoms with Gasteiger partial charge in [0, 0.05) is 6.20 Å². The van der Waals surface area contributed by atoms with Crippen molar-refractivity contribution in [2.24, 2.45) is 0 Å². The van der Waals surface area contributed by atoms with Gasteiger partial charge < -0.3 is 9.47 Å². The topological polar surface area (TPSA) is 55.1 Å². The lowest BCUT2D eigenvalue weighted by atomic mass is 10.2. The van der Waals surface area contributed by atoms with Crippen molar-refractivity contribution in [3.63, 3.8) is 0 Å². The van der Waals surface area contributed by atoms with E-state index in [1.54, 1.807) is 12.3 Å². The molecule has 1 aliphatic heterocycles. The van der Waals surface area contributed by atoms with Gasteiger partial charge in [-0.3, -0.25) is 0 Å². The van der Waals surface area contributed by atoms with E-state index in [4.69, 9.17) is 14.7 Å². The summed E-state index contributed by atoms with van der Waals surface area (Å²) < 4.78 is 10.5. The first kappa shape index (κ1) is 9.13. The minimum absolute atomic E-state index is 0.216. The second kappa shape index (κ2) is 4.18. The van der Waals surface area contributed by atoms with E-state index in [9.17, 15) is 0 Å². The Morgan fingerprint density at radius 2 is 2.50 bits per heavy atom. The first-order valence-corrected chi connectivity index (χ1v) is 4.43. The van der Waals surface area contributed by atoms with Crippen LogP contribution in [0, 0.1) is 11.3 Å². The lowest BCUT2D eigenvalue weighted by Gasteiger charge is -2.25. The van der Waals surface area contributed by atoms with E-state index in [2.05, 4.69) is 4.98 Å². The predicted molar refractivity (Wildman–Crippen MR) is 48.3 cm³/mol. The molecule has 1 aromatic heterocycles. The fourth-order valence-corrected chi connectivity index (χ4v) is 1.15. The van der Waals surface area contributed by atoms with Gasteiger partial charge in [0.25, 0.3) is 0 Å². The minimum atomic E-state index is 0.216. The van der Waals surface area contributed by atoms with E-state index >= 15 is 0 Å². The van der Waals surface area contributed by atoms with E-state index < -0.39 is 0 Å². The molecule has 1 saturated heterocycles. The fourth-order valence-electron chi connectivity index (χ4n) is 1.15. The Bertz CT molecular complexity index is 355. The molecule has 0 spiro atoms. The Morgan fingerprint density at radius 3 is 3.14 bits per heavy atom. The smallest absolute Gasteiger partial charge is 0.140 e. The average Bonchev–Trinajstić information content (AvgIpc) is 2.16. The van der Waals surface area contributed by atoms with E-state index in [1.165, 1.54) is 0 Å². The van der Waals surface area contributed by atoms with Gasteiger partial charge in [0.05, 0.1) is 19.8 Å². The van der Waals surface area contributed by atoms with Crippen LogP contribution in [0.2, 0.25) is 0 Å². The summed E-state index contributed by atoms with van der Waals surface area (Å²) in [6.07, 6.45) is 1.84. The molecule has 1 aliphatic rings. The van der Waals surface area contributed by atoms with Gasteiger partial charge in [-0.05, 0) is 17.7 Å². The van der Waals surface area contributed by atoms with Crippen LogP contribution in [0.1, 0.15) is 11.3 Å². The molecule has 0 unspecified atom stereocenters. The molecule has 2 rings (SSSR count). The van der Waals surface area contributed by atoms with Gasteiger partial charge >= 0.3 is 0 Å². The minimum Gasteiger partial charge on any atom is -0.376 e. The van der Waals surface area contributed by atoms with E-state index in [0.29, 0.717) is 25.5 Å². The third-order valence-electron chi connectivity index (χ3n) is 2.03. The second-order valence-electron chi connectivity index (χ2n) is 3.13. The van der Waals surface area contributed by atoms with E-state index in [0.717, 1.165) is 5.56 Å².